The van der Waals surface area contributed by atoms with Gasteiger partial charge in [-0.05, 0) is 56.2 Å². The summed E-state index contributed by atoms with van der Waals surface area (Å²) >= 11 is 1.69. The average Bonchev–Trinajstić information content (AvgIpc) is 3.10. The van der Waals surface area contributed by atoms with Crippen LogP contribution in [0.25, 0.3) is 10.2 Å². The van der Waals surface area contributed by atoms with Crippen molar-refractivity contribution < 1.29 is 4.79 Å². The number of fused-ring (bicyclic) bond motifs is 1. The van der Waals surface area contributed by atoms with Gasteiger partial charge in [-0.15, -0.1) is 17.9 Å². The maximum atomic E-state index is 13.5. The van der Waals surface area contributed by atoms with Gasteiger partial charge in [0, 0.05) is 13.1 Å². The van der Waals surface area contributed by atoms with Crippen LogP contribution in [0, 0.1) is 12.8 Å². The monoisotopic (exact) mass is 384 g/mol. The number of carbonyl (C=O) groups excluding carboxylic acids is 1. The zero-order valence-corrected chi connectivity index (χ0v) is 17.6. The van der Waals surface area contributed by atoms with E-state index in [4.69, 9.17) is 4.98 Å². The number of unbranched alkanes of at least 4 members (excludes halogenated alkanes) is 2. The standard InChI is InChI=1S/C23H32N2OS/c1-4-6-8-11-18(5-2)21(23(26)25-14-9-7-10-15-25)22-24-19-13-12-17(3)16-20(19)27-22/h5,12-13,16,18,21H,2,4,6-11,14-15H2,1,3H3/t18-,21+/m1/s1. The number of aromatic nitrogens is 1. The van der Waals surface area contributed by atoms with E-state index in [-0.39, 0.29) is 17.7 Å². The van der Waals surface area contributed by atoms with E-state index in [0.29, 0.717) is 0 Å². The quantitative estimate of drug-likeness (QED) is 0.408. The highest BCUT2D eigenvalue weighted by Crippen LogP contribution is 2.37. The van der Waals surface area contributed by atoms with Gasteiger partial charge in [0.05, 0.1) is 16.1 Å². The fraction of sp³-hybridized carbons (Fsp3) is 0.565. The molecule has 1 saturated heterocycles. The van der Waals surface area contributed by atoms with Crippen LogP contribution in [0.2, 0.25) is 0 Å². The van der Waals surface area contributed by atoms with Crippen molar-refractivity contribution in [2.45, 2.75) is 64.7 Å². The van der Waals surface area contributed by atoms with Gasteiger partial charge in [0.25, 0.3) is 0 Å². The van der Waals surface area contributed by atoms with E-state index in [1.807, 2.05) is 6.08 Å². The number of hydrogen-bond acceptors (Lipinski definition) is 3. The third-order valence-corrected chi connectivity index (χ3v) is 6.73. The largest absolute Gasteiger partial charge is 0.342 e. The van der Waals surface area contributed by atoms with E-state index in [9.17, 15) is 4.79 Å². The van der Waals surface area contributed by atoms with E-state index >= 15 is 0 Å². The van der Waals surface area contributed by atoms with Crippen molar-refractivity contribution in [1.82, 2.24) is 9.88 Å². The molecule has 4 heteroatoms. The van der Waals surface area contributed by atoms with Crippen molar-refractivity contribution in [3.8, 4) is 0 Å². The number of nitrogens with zero attached hydrogens (tertiary/aromatic N) is 2. The molecule has 0 radical (unpaired) electrons. The van der Waals surface area contributed by atoms with Crippen molar-refractivity contribution in [2.75, 3.05) is 13.1 Å². The highest BCUT2D eigenvalue weighted by Gasteiger charge is 2.34. The number of likely N-dealkylation sites (tertiary alicyclic amines) is 1. The lowest BCUT2D eigenvalue weighted by molar-refractivity contribution is -0.134. The summed E-state index contributed by atoms with van der Waals surface area (Å²) in [5.41, 5.74) is 2.24. The van der Waals surface area contributed by atoms with Gasteiger partial charge >= 0.3 is 0 Å². The Morgan fingerprint density at radius 3 is 2.78 bits per heavy atom. The maximum Gasteiger partial charge on any atom is 0.233 e. The second kappa shape index (κ2) is 9.50. The first-order valence-corrected chi connectivity index (χ1v) is 11.2. The van der Waals surface area contributed by atoms with Crippen molar-refractivity contribution in [1.29, 1.82) is 0 Å². The zero-order chi connectivity index (χ0) is 19.2. The Balaban J connectivity index is 1.93. The number of thiazole rings is 1. The van der Waals surface area contributed by atoms with Crippen LogP contribution in [0.3, 0.4) is 0 Å². The summed E-state index contributed by atoms with van der Waals surface area (Å²) in [6, 6.07) is 6.35. The molecule has 1 aromatic carbocycles. The molecule has 27 heavy (non-hydrogen) atoms. The summed E-state index contributed by atoms with van der Waals surface area (Å²) in [7, 11) is 0. The number of amides is 1. The fourth-order valence-electron chi connectivity index (χ4n) is 4.02. The fourth-order valence-corrected chi connectivity index (χ4v) is 5.25. The van der Waals surface area contributed by atoms with Crippen LogP contribution in [0.5, 0.6) is 0 Å². The Hall–Kier alpha value is -1.68. The molecule has 2 aromatic rings. The molecule has 0 saturated carbocycles. The Kier molecular flexibility index (Phi) is 7.06. The molecule has 1 amide bonds. The minimum atomic E-state index is -0.185. The summed E-state index contributed by atoms with van der Waals surface area (Å²) in [5.74, 6) is 0.231. The molecule has 0 aliphatic carbocycles. The normalized spacial score (nSPS) is 17.0. The van der Waals surface area contributed by atoms with Crippen molar-refractivity contribution in [3.63, 3.8) is 0 Å². The Morgan fingerprint density at radius 1 is 1.30 bits per heavy atom. The average molecular weight is 385 g/mol. The maximum absolute atomic E-state index is 13.5. The Bertz CT molecular complexity index is 776. The van der Waals surface area contributed by atoms with E-state index in [1.165, 1.54) is 29.5 Å². The van der Waals surface area contributed by atoms with Gasteiger partial charge in [-0.1, -0.05) is 38.3 Å². The highest BCUT2D eigenvalue weighted by molar-refractivity contribution is 7.18. The molecule has 1 aliphatic rings. The van der Waals surface area contributed by atoms with Gasteiger partial charge in [-0.25, -0.2) is 4.98 Å². The molecule has 2 atom stereocenters. The SMILES string of the molecule is C=C[C@H](CCCCC)[C@H](C(=O)N1CCCCC1)c1nc2ccc(C)cc2s1. The number of hydrogen-bond donors (Lipinski definition) is 0. The van der Waals surface area contributed by atoms with Crippen LogP contribution in [0.1, 0.15) is 68.4 Å². The van der Waals surface area contributed by atoms with Crippen molar-refractivity contribution in [3.05, 3.63) is 41.4 Å². The van der Waals surface area contributed by atoms with Gasteiger partial charge in [-0.3, -0.25) is 4.79 Å². The molecule has 1 aliphatic heterocycles. The molecular weight excluding hydrogens is 352 g/mol. The van der Waals surface area contributed by atoms with Crippen LogP contribution in [-0.2, 0) is 4.79 Å². The summed E-state index contributed by atoms with van der Waals surface area (Å²) in [6.07, 6.45) is 10.0. The lowest BCUT2D eigenvalue weighted by atomic mass is 9.86. The van der Waals surface area contributed by atoms with Gasteiger partial charge in [0.15, 0.2) is 0 Å². The molecule has 0 unspecified atom stereocenters. The van der Waals surface area contributed by atoms with Crippen molar-refractivity contribution >= 4 is 27.5 Å². The van der Waals surface area contributed by atoms with E-state index in [2.05, 4.69) is 43.5 Å². The summed E-state index contributed by atoms with van der Waals surface area (Å²) in [5, 5.41) is 0.965. The molecular formula is C23H32N2OS. The molecule has 3 rings (SSSR count). The van der Waals surface area contributed by atoms with E-state index in [1.54, 1.807) is 11.3 Å². The summed E-state index contributed by atoms with van der Waals surface area (Å²) in [4.78, 5) is 20.5. The highest BCUT2D eigenvalue weighted by atomic mass is 32.1. The Labute approximate surface area is 167 Å². The van der Waals surface area contributed by atoms with Gasteiger partial charge < -0.3 is 4.90 Å². The number of piperidine rings is 1. The van der Waals surface area contributed by atoms with Crippen LogP contribution in [0.15, 0.2) is 30.9 Å². The molecule has 1 fully saturated rings. The second-order valence-corrected chi connectivity index (χ2v) is 8.84. The van der Waals surface area contributed by atoms with Crippen LogP contribution < -0.4 is 0 Å². The second-order valence-electron chi connectivity index (χ2n) is 7.78. The topological polar surface area (TPSA) is 33.2 Å². The predicted octanol–water partition coefficient (Wildman–Crippen LogP) is 6.08. The number of allylic oxidation sites excluding steroid dienone is 1. The number of carbonyl (C=O) groups is 1. The molecule has 146 valence electrons. The third-order valence-electron chi connectivity index (χ3n) is 5.63. The molecule has 0 N–H and O–H groups in total. The molecule has 0 bridgehead atoms. The first kappa shape index (κ1) is 20.1. The van der Waals surface area contributed by atoms with E-state index < -0.39 is 0 Å². The number of aryl methyl sites for hydroxylation is 1. The van der Waals surface area contributed by atoms with Crippen LogP contribution in [0.4, 0.5) is 0 Å². The minimum Gasteiger partial charge on any atom is -0.342 e. The van der Waals surface area contributed by atoms with Gasteiger partial charge in [0.2, 0.25) is 5.91 Å². The van der Waals surface area contributed by atoms with Gasteiger partial charge in [-0.2, -0.15) is 0 Å². The third kappa shape index (κ3) is 4.78. The van der Waals surface area contributed by atoms with E-state index in [0.717, 1.165) is 49.3 Å². The molecule has 0 spiro atoms. The Morgan fingerprint density at radius 2 is 2.07 bits per heavy atom. The zero-order valence-electron chi connectivity index (χ0n) is 16.7. The van der Waals surface area contributed by atoms with Crippen molar-refractivity contribution in [2.24, 2.45) is 5.92 Å². The lowest BCUT2D eigenvalue weighted by Crippen LogP contribution is -2.40. The smallest absolute Gasteiger partial charge is 0.233 e. The minimum absolute atomic E-state index is 0.160. The molecule has 1 aromatic heterocycles. The first-order chi connectivity index (χ1) is 13.1. The lowest BCUT2D eigenvalue weighted by Gasteiger charge is -2.32. The van der Waals surface area contributed by atoms with Crippen LogP contribution >= 0.6 is 11.3 Å². The van der Waals surface area contributed by atoms with Crippen LogP contribution in [-0.4, -0.2) is 28.9 Å². The summed E-state index contributed by atoms with van der Waals surface area (Å²) in [6.45, 7) is 10.2. The molecule has 3 nitrogen and oxygen atoms in total. The number of benzene rings is 1. The summed E-state index contributed by atoms with van der Waals surface area (Å²) < 4.78 is 1.18. The first-order valence-electron chi connectivity index (χ1n) is 10.4. The van der Waals surface area contributed by atoms with Gasteiger partial charge in [0.1, 0.15) is 5.01 Å². The number of rotatable bonds is 8. The predicted molar refractivity (Wildman–Crippen MR) is 115 cm³/mol. The molecule has 2 heterocycles.